The Balaban J connectivity index is 1.52. The van der Waals surface area contributed by atoms with Crippen LogP contribution < -0.4 is 0 Å². The van der Waals surface area contributed by atoms with Crippen molar-refractivity contribution in [1.29, 1.82) is 0 Å². The summed E-state index contributed by atoms with van der Waals surface area (Å²) in [6.45, 7) is 2.02. The highest BCUT2D eigenvalue weighted by Crippen LogP contribution is 2.36. The highest BCUT2D eigenvalue weighted by molar-refractivity contribution is 7.89. The standard InChI is InChI=1S/C20H28N2O3S/c23-20(22-15-5-7-16-6-1-2-8-19(16)22)17-9-11-18(12-10-17)26(24,25)21-13-3-4-14-21/h9-12,16,19H,1-8,13-15H2. The van der Waals surface area contributed by atoms with E-state index in [4.69, 9.17) is 0 Å². The van der Waals surface area contributed by atoms with Crippen LogP contribution in [0.5, 0.6) is 0 Å². The molecule has 1 amide bonds. The molecule has 2 unspecified atom stereocenters. The van der Waals surface area contributed by atoms with Gasteiger partial charge in [0.05, 0.1) is 4.90 Å². The molecule has 4 rings (SSSR count). The summed E-state index contributed by atoms with van der Waals surface area (Å²) in [5.41, 5.74) is 0.608. The fourth-order valence-corrected chi connectivity index (χ4v) is 6.41. The van der Waals surface area contributed by atoms with Gasteiger partial charge >= 0.3 is 0 Å². The Labute approximate surface area is 156 Å². The summed E-state index contributed by atoms with van der Waals surface area (Å²) in [7, 11) is -3.42. The number of benzene rings is 1. The molecule has 1 aromatic rings. The van der Waals surface area contributed by atoms with Gasteiger partial charge in [0.1, 0.15) is 0 Å². The van der Waals surface area contributed by atoms with Crippen LogP contribution >= 0.6 is 0 Å². The van der Waals surface area contributed by atoms with Crippen LogP contribution in [0.15, 0.2) is 29.2 Å². The fraction of sp³-hybridized carbons (Fsp3) is 0.650. The predicted octanol–water partition coefficient (Wildman–Crippen LogP) is 3.27. The van der Waals surface area contributed by atoms with Crippen molar-refractivity contribution in [3.8, 4) is 0 Å². The van der Waals surface area contributed by atoms with E-state index >= 15 is 0 Å². The first-order valence-electron chi connectivity index (χ1n) is 9.98. The molecule has 2 aliphatic heterocycles. The second-order valence-corrected chi connectivity index (χ2v) is 9.83. The van der Waals surface area contributed by atoms with Crippen LogP contribution in [-0.4, -0.2) is 49.2 Å². The number of sulfonamides is 1. The van der Waals surface area contributed by atoms with Crippen LogP contribution in [0.25, 0.3) is 0 Å². The molecule has 26 heavy (non-hydrogen) atoms. The van der Waals surface area contributed by atoms with Gasteiger partial charge in [0, 0.05) is 31.2 Å². The zero-order valence-corrected chi connectivity index (χ0v) is 16.1. The number of carbonyl (C=O) groups excluding carboxylic acids is 1. The van der Waals surface area contributed by atoms with Crippen molar-refractivity contribution in [2.24, 2.45) is 5.92 Å². The summed E-state index contributed by atoms with van der Waals surface area (Å²) < 4.78 is 26.8. The maximum atomic E-state index is 13.0. The van der Waals surface area contributed by atoms with Crippen LogP contribution in [0.3, 0.4) is 0 Å². The third kappa shape index (κ3) is 3.29. The van der Waals surface area contributed by atoms with Crippen molar-refractivity contribution in [2.45, 2.75) is 62.3 Å². The van der Waals surface area contributed by atoms with Crippen molar-refractivity contribution in [1.82, 2.24) is 9.21 Å². The highest BCUT2D eigenvalue weighted by Gasteiger charge is 2.36. The van der Waals surface area contributed by atoms with Gasteiger partial charge in [-0.05, 0) is 68.7 Å². The molecule has 0 radical (unpaired) electrons. The van der Waals surface area contributed by atoms with E-state index in [-0.39, 0.29) is 5.91 Å². The summed E-state index contributed by atoms with van der Waals surface area (Å²) in [6.07, 6.45) is 9.00. The lowest BCUT2D eigenvalue weighted by molar-refractivity contribution is 0.0390. The summed E-state index contributed by atoms with van der Waals surface area (Å²) >= 11 is 0. The SMILES string of the molecule is O=C(c1ccc(S(=O)(=O)N2CCCC2)cc1)N1CCCC2CCCCC21. The van der Waals surface area contributed by atoms with Crippen LogP contribution in [0.2, 0.25) is 0 Å². The van der Waals surface area contributed by atoms with Crippen LogP contribution in [-0.2, 0) is 10.0 Å². The minimum atomic E-state index is -3.42. The van der Waals surface area contributed by atoms with Crippen molar-refractivity contribution in [3.63, 3.8) is 0 Å². The Morgan fingerprint density at radius 1 is 0.846 bits per heavy atom. The monoisotopic (exact) mass is 376 g/mol. The van der Waals surface area contributed by atoms with Gasteiger partial charge in [0.15, 0.2) is 0 Å². The molecule has 3 fully saturated rings. The normalized spacial score (nSPS) is 27.3. The molecule has 0 bridgehead atoms. The van der Waals surface area contributed by atoms with Gasteiger partial charge in [-0.15, -0.1) is 0 Å². The van der Waals surface area contributed by atoms with Crippen molar-refractivity contribution < 1.29 is 13.2 Å². The van der Waals surface area contributed by atoms with E-state index in [9.17, 15) is 13.2 Å². The smallest absolute Gasteiger partial charge is 0.254 e. The minimum absolute atomic E-state index is 0.0618. The fourth-order valence-electron chi connectivity index (χ4n) is 4.89. The topological polar surface area (TPSA) is 57.7 Å². The Morgan fingerprint density at radius 3 is 2.23 bits per heavy atom. The lowest BCUT2D eigenvalue weighted by Gasteiger charge is -2.44. The Hall–Kier alpha value is -1.40. The van der Waals surface area contributed by atoms with Gasteiger partial charge < -0.3 is 4.90 Å². The lowest BCUT2D eigenvalue weighted by atomic mass is 9.78. The predicted molar refractivity (Wildman–Crippen MR) is 100 cm³/mol. The van der Waals surface area contributed by atoms with Crippen LogP contribution in [0, 0.1) is 5.92 Å². The number of rotatable bonds is 3. The molecule has 5 nitrogen and oxygen atoms in total. The van der Waals surface area contributed by atoms with E-state index in [1.807, 2.05) is 0 Å². The third-order valence-electron chi connectivity index (χ3n) is 6.31. The number of hydrogen-bond donors (Lipinski definition) is 0. The Bertz CT molecular complexity index is 752. The average molecular weight is 377 g/mol. The molecule has 1 aromatic carbocycles. The van der Waals surface area contributed by atoms with Crippen molar-refractivity contribution >= 4 is 15.9 Å². The van der Waals surface area contributed by atoms with E-state index < -0.39 is 10.0 Å². The number of amides is 1. The first-order valence-corrected chi connectivity index (χ1v) is 11.4. The molecule has 0 aromatic heterocycles. The number of fused-ring (bicyclic) bond motifs is 1. The summed E-state index contributed by atoms with van der Waals surface area (Å²) in [6, 6.07) is 6.96. The van der Waals surface area contributed by atoms with Gasteiger partial charge in [-0.3, -0.25) is 4.79 Å². The number of likely N-dealkylation sites (tertiary alicyclic amines) is 1. The molecule has 0 spiro atoms. The van der Waals surface area contributed by atoms with Crippen LogP contribution in [0.4, 0.5) is 0 Å². The minimum Gasteiger partial charge on any atom is -0.335 e. The Morgan fingerprint density at radius 2 is 1.50 bits per heavy atom. The van der Waals surface area contributed by atoms with Gasteiger partial charge in [-0.25, -0.2) is 8.42 Å². The molecular formula is C20H28N2O3S. The molecule has 1 aliphatic carbocycles. The van der Waals surface area contributed by atoms with Crippen molar-refractivity contribution in [2.75, 3.05) is 19.6 Å². The maximum Gasteiger partial charge on any atom is 0.254 e. The molecule has 3 aliphatic rings. The van der Waals surface area contributed by atoms with Gasteiger partial charge in [0.2, 0.25) is 10.0 Å². The lowest BCUT2D eigenvalue weighted by Crippen LogP contribution is -2.49. The van der Waals surface area contributed by atoms with Gasteiger partial charge in [-0.1, -0.05) is 12.8 Å². The quantitative estimate of drug-likeness (QED) is 0.813. The molecule has 2 atom stereocenters. The summed E-state index contributed by atoms with van der Waals surface area (Å²) in [4.78, 5) is 15.4. The second-order valence-electron chi connectivity index (χ2n) is 7.89. The zero-order chi connectivity index (χ0) is 18.1. The largest absolute Gasteiger partial charge is 0.335 e. The molecule has 1 saturated carbocycles. The maximum absolute atomic E-state index is 13.0. The van der Waals surface area contributed by atoms with E-state index in [0.29, 0.717) is 35.5 Å². The number of carbonyl (C=O) groups is 1. The van der Waals surface area contributed by atoms with E-state index in [2.05, 4.69) is 4.90 Å². The first-order chi connectivity index (χ1) is 12.6. The molecular weight excluding hydrogens is 348 g/mol. The van der Waals surface area contributed by atoms with Crippen LogP contribution in [0.1, 0.15) is 61.7 Å². The van der Waals surface area contributed by atoms with E-state index in [0.717, 1.165) is 32.2 Å². The van der Waals surface area contributed by atoms with Crippen molar-refractivity contribution in [3.05, 3.63) is 29.8 Å². The third-order valence-corrected chi connectivity index (χ3v) is 8.22. The Kier molecular flexibility index (Phi) is 5.06. The molecule has 142 valence electrons. The number of piperidine rings is 1. The zero-order valence-electron chi connectivity index (χ0n) is 15.3. The summed E-state index contributed by atoms with van der Waals surface area (Å²) in [5.74, 6) is 0.711. The molecule has 2 saturated heterocycles. The highest BCUT2D eigenvalue weighted by atomic mass is 32.2. The second kappa shape index (κ2) is 7.31. The molecule has 6 heteroatoms. The number of nitrogens with zero attached hydrogens (tertiary/aromatic N) is 2. The summed E-state index contributed by atoms with van der Waals surface area (Å²) in [5, 5.41) is 0. The molecule has 2 heterocycles. The molecule has 0 N–H and O–H groups in total. The number of hydrogen-bond acceptors (Lipinski definition) is 3. The first kappa shape index (κ1) is 18.0. The average Bonchev–Trinajstić information content (AvgIpc) is 3.23. The van der Waals surface area contributed by atoms with Gasteiger partial charge in [0.25, 0.3) is 5.91 Å². The van der Waals surface area contributed by atoms with Gasteiger partial charge in [-0.2, -0.15) is 4.31 Å². The van der Waals surface area contributed by atoms with E-state index in [1.165, 1.54) is 25.7 Å². The van der Waals surface area contributed by atoms with E-state index in [1.54, 1.807) is 28.6 Å².